The molecule has 1 amide bonds. The van der Waals surface area contributed by atoms with Crippen LogP contribution in [-0.4, -0.2) is 5.91 Å². The van der Waals surface area contributed by atoms with Gasteiger partial charge in [0.2, 0.25) is 0 Å². The van der Waals surface area contributed by atoms with Crippen molar-refractivity contribution in [1.82, 2.24) is 0 Å². The van der Waals surface area contributed by atoms with Crippen molar-refractivity contribution in [2.45, 2.75) is 6.92 Å². The zero-order valence-corrected chi connectivity index (χ0v) is 13.4. The number of anilines is 2. The Bertz CT molecular complexity index is 610. The van der Waals surface area contributed by atoms with Gasteiger partial charge in [0.05, 0.1) is 5.69 Å². The molecule has 94 valence electrons. The van der Waals surface area contributed by atoms with E-state index >= 15 is 0 Å². The van der Waals surface area contributed by atoms with Crippen LogP contribution in [-0.2, 0) is 0 Å². The number of nitrogen functional groups attached to an aromatic ring is 1. The Balaban J connectivity index is 2.28. The van der Waals surface area contributed by atoms with E-state index in [4.69, 9.17) is 5.73 Å². The molecule has 0 bridgehead atoms. The van der Waals surface area contributed by atoms with Gasteiger partial charge in [-0.3, -0.25) is 4.79 Å². The Morgan fingerprint density at radius 3 is 2.67 bits per heavy atom. The van der Waals surface area contributed by atoms with Gasteiger partial charge in [-0.05, 0) is 67.9 Å². The number of amides is 1. The summed E-state index contributed by atoms with van der Waals surface area (Å²) in [5.74, 6) is -0.152. The van der Waals surface area contributed by atoms with Gasteiger partial charge in [-0.1, -0.05) is 0 Å². The molecule has 1 aromatic carbocycles. The van der Waals surface area contributed by atoms with Crippen molar-refractivity contribution in [3.05, 3.63) is 43.0 Å². The summed E-state index contributed by atoms with van der Waals surface area (Å²) in [7, 11) is 0. The summed E-state index contributed by atoms with van der Waals surface area (Å²) in [6, 6.07) is 5.48. The largest absolute Gasteiger partial charge is 0.398 e. The van der Waals surface area contributed by atoms with Crippen LogP contribution in [0.4, 0.5) is 11.4 Å². The molecular formula is C12H10Br2N2OS. The van der Waals surface area contributed by atoms with Gasteiger partial charge >= 0.3 is 0 Å². The highest BCUT2D eigenvalue weighted by Crippen LogP contribution is 2.29. The molecule has 3 N–H and O–H groups in total. The van der Waals surface area contributed by atoms with E-state index in [1.54, 1.807) is 6.07 Å². The Kier molecular flexibility index (Phi) is 4.09. The minimum absolute atomic E-state index is 0.152. The van der Waals surface area contributed by atoms with Crippen molar-refractivity contribution in [1.29, 1.82) is 0 Å². The summed E-state index contributed by atoms with van der Waals surface area (Å²) in [6.45, 7) is 1.92. The highest BCUT2D eigenvalue weighted by Gasteiger charge is 2.13. The van der Waals surface area contributed by atoms with Gasteiger partial charge in [0.1, 0.15) is 4.88 Å². The van der Waals surface area contributed by atoms with Crippen molar-refractivity contribution in [3.8, 4) is 0 Å². The zero-order chi connectivity index (χ0) is 13.3. The summed E-state index contributed by atoms with van der Waals surface area (Å²) in [4.78, 5) is 12.7. The smallest absolute Gasteiger partial charge is 0.266 e. The zero-order valence-electron chi connectivity index (χ0n) is 9.46. The lowest BCUT2D eigenvalue weighted by molar-refractivity contribution is 0.103. The monoisotopic (exact) mass is 388 g/mol. The number of rotatable bonds is 2. The van der Waals surface area contributed by atoms with E-state index in [2.05, 4.69) is 37.2 Å². The molecule has 6 heteroatoms. The lowest BCUT2D eigenvalue weighted by Crippen LogP contribution is -2.11. The van der Waals surface area contributed by atoms with Gasteiger partial charge in [0.15, 0.2) is 0 Å². The molecule has 18 heavy (non-hydrogen) atoms. The fourth-order valence-corrected chi connectivity index (χ4v) is 3.42. The average molecular weight is 390 g/mol. The van der Waals surface area contributed by atoms with E-state index in [0.717, 1.165) is 14.5 Å². The third-order valence-electron chi connectivity index (χ3n) is 2.43. The van der Waals surface area contributed by atoms with Gasteiger partial charge in [0, 0.05) is 14.6 Å². The number of halogens is 2. The highest BCUT2D eigenvalue weighted by molar-refractivity contribution is 9.11. The summed E-state index contributed by atoms with van der Waals surface area (Å²) in [5, 5.41) is 4.69. The Morgan fingerprint density at radius 1 is 1.33 bits per heavy atom. The number of benzene rings is 1. The van der Waals surface area contributed by atoms with E-state index in [-0.39, 0.29) is 5.91 Å². The Labute approximate surface area is 126 Å². The first kappa shape index (κ1) is 13.6. The summed E-state index contributed by atoms with van der Waals surface area (Å²) in [6.07, 6.45) is 0. The maximum absolute atomic E-state index is 12.1. The van der Waals surface area contributed by atoms with Crippen LogP contribution in [0.15, 0.2) is 32.5 Å². The van der Waals surface area contributed by atoms with Crippen LogP contribution in [0.1, 0.15) is 15.2 Å². The quantitative estimate of drug-likeness (QED) is 0.747. The summed E-state index contributed by atoms with van der Waals surface area (Å²) >= 11 is 8.14. The van der Waals surface area contributed by atoms with Crippen LogP contribution in [0.5, 0.6) is 0 Å². The summed E-state index contributed by atoms with van der Waals surface area (Å²) < 4.78 is 1.61. The standard InChI is InChI=1S/C12H10Br2N2OS/c1-6-4-8(14)10(5-9(6)15)16-12(17)11-7(13)2-3-18-11/h2-5H,15H2,1H3,(H,16,17). The number of nitrogens with one attached hydrogen (secondary N) is 1. The second-order valence-electron chi connectivity index (χ2n) is 3.74. The molecule has 0 fully saturated rings. The maximum Gasteiger partial charge on any atom is 0.266 e. The number of thiophene rings is 1. The van der Waals surface area contributed by atoms with E-state index < -0.39 is 0 Å². The average Bonchev–Trinajstić information content (AvgIpc) is 2.72. The minimum atomic E-state index is -0.152. The topological polar surface area (TPSA) is 55.1 Å². The number of carbonyl (C=O) groups excluding carboxylic acids is 1. The van der Waals surface area contributed by atoms with Gasteiger partial charge in [-0.15, -0.1) is 11.3 Å². The molecule has 0 aliphatic carbocycles. The van der Waals surface area contributed by atoms with Crippen molar-refractivity contribution >= 4 is 60.5 Å². The molecule has 0 unspecified atom stereocenters. The molecule has 1 aromatic heterocycles. The van der Waals surface area contributed by atoms with E-state index in [1.807, 2.05) is 24.4 Å². The van der Waals surface area contributed by atoms with Crippen LogP contribution in [0, 0.1) is 6.92 Å². The second kappa shape index (κ2) is 5.42. The maximum atomic E-state index is 12.1. The molecule has 2 aromatic rings. The first-order valence-electron chi connectivity index (χ1n) is 5.09. The van der Waals surface area contributed by atoms with Crippen LogP contribution in [0.2, 0.25) is 0 Å². The Hall–Kier alpha value is -0.850. The third-order valence-corrected chi connectivity index (χ3v) is 4.92. The highest BCUT2D eigenvalue weighted by atomic mass is 79.9. The summed E-state index contributed by atoms with van der Waals surface area (Å²) in [5.41, 5.74) is 8.13. The molecule has 2 rings (SSSR count). The molecule has 0 aliphatic heterocycles. The molecule has 0 saturated carbocycles. The first-order chi connectivity index (χ1) is 8.49. The van der Waals surface area contributed by atoms with Gasteiger partial charge in [-0.25, -0.2) is 0 Å². The van der Waals surface area contributed by atoms with Crippen LogP contribution in [0.3, 0.4) is 0 Å². The first-order valence-corrected chi connectivity index (χ1v) is 7.55. The number of nitrogens with two attached hydrogens (primary N) is 1. The van der Waals surface area contributed by atoms with Crippen molar-refractivity contribution in [2.75, 3.05) is 11.1 Å². The van der Waals surface area contributed by atoms with Crippen LogP contribution >= 0.6 is 43.2 Å². The van der Waals surface area contributed by atoms with Crippen LogP contribution in [0.25, 0.3) is 0 Å². The Morgan fingerprint density at radius 2 is 2.06 bits per heavy atom. The predicted octanol–water partition coefficient (Wildman–Crippen LogP) is 4.42. The normalized spacial score (nSPS) is 10.4. The van der Waals surface area contributed by atoms with E-state index in [1.165, 1.54) is 11.3 Å². The number of aryl methyl sites for hydroxylation is 1. The fourth-order valence-electron chi connectivity index (χ4n) is 1.42. The van der Waals surface area contributed by atoms with Crippen LogP contribution < -0.4 is 11.1 Å². The second-order valence-corrected chi connectivity index (χ2v) is 6.37. The molecule has 0 spiro atoms. The molecule has 0 atom stereocenters. The van der Waals surface area contributed by atoms with Gasteiger partial charge < -0.3 is 11.1 Å². The molecule has 0 radical (unpaired) electrons. The SMILES string of the molecule is Cc1cc(Br)c(NC(=O)c2sccc2Br)cc1N. The fraction of sp³-hybridized carbons (Fsp3) is 0.0833. The minimum Gasteiger partial charge on any atom is -0.398 e. The van der Waals surface area contributed by atoms with Crippen molar-refractivity contribution < 1.29 is 4.79 Å². The number of carbonyl (C=O) groups is 1. The molecule has 3 nitrogen and oxygen atoms in total. The number of hydrogen-bond donors (Lipinski definition) is 2. The predicted molar refractivity (Wildman–Crippen MR) is 83.3 cm³/mol. The van der Waals surface area contributed by atoms with E-state index in [0.29, 0.717) is 16.3 Å². The van der Waals surface area contributed by atoms with Crippen molar-refractivity contribution in [2.24, 2.45) is 0 Å². The molecule has 1 heterocycles. The molecule has 0 aliphatic rings. The van der Waals surface area contributed by atoms with E-state index in [9.17, 15) is 4.79 Å². The lowest BCUT2D eigenvalue weighted by Gasteiger charge is -2.09. The van der Waals surface area contributed by atoms with Crippen molar-refractivity contribution in [3.63, 3.8) is 0 Å². The number of hydrogen-bond acceptors (Lipinski definition) is 3. The van der Waals surface area contributed by atoms with Gasteiger partial charge in [-0.2, -0.15) is 0 Å². The third kappa shape index (κ3) is 2.76. The molecule has 0 saturated heterocycles. The van der Waals surface area contributed by atoms with Gasteiger partial charge in [0.25, 0.3) is 5.91 Å². The molecular weight excluding hydrogens is 380 g/mol. The lowest BCUT2D eigenvalue weighted by atomic mass is 10.2.